The van der Waals surface area contributed by atoms with Gasteiger partial charge in [0.05, 0.1) is 9.52 Å². The Hall–Kier alpha value is -0.0862. The van der Waals surface area contributed by atoms with Gasteiger partial charge in [0.2, 0.25) is 0 Å². The molecule has 0 amide bonds. The van der Waals surface area contributed by atoms with Crippen LogP contribution in [0.5, 0.6) is 0 Å². The molecule has 0 nitrogen and oxygen atoms in total. The minimum absolute atomic E-state index is 0.0376. The highest BCUT2D eigenvalue weighted by molar-refractivity contribution is 6.47. The average Bonchev–Trinajstić information content (AvgIpc) is 1.87. The Morgan fingerprint density at radius 1 is 1.33 bits per heavy atom. The molecule has 0 N–H and O–H groups in total. The number of rotatable bonds is 3. The zero-order valence-electron chi connectivity index (χ0n) is 6.70. The zero-order valence-corrected chi connectivity index (χ0v) is 9.53. The molecule has 2 heteroatoms. The second-order valence-corrected chi connectivity index (χ2v) is 5.79. The van der Waals surface area contributed by atoms with Gasteiger partial charge in [-0.2, -0.15) is 0 Å². The molecule has 0 heterocycles. The van der Waals surface area contributed by atoms with E-state index in [2.05, 4.69) is 32.7 Å². The minimum Gasteiger partial charge on any atom is -0.101 e. The highest BCUT2D eigenvalue weighted by atomic mass is 28.2. The van der Waals surface area contributed by atoms with Gasteiger partial charge in [-0.15, -0.1) is 6.58 Å². The molecule has 0 unspecified atom stereocenters. The van der Waals surface area contributed by atoms with E-state index < -0.39 is 0 Å². The summed E-state index contributed by atoms with van der Waals surface area (Å²) < 4.78 is 0. The molecule has 9 heavy (non-hydrogen) atoms. The van der Waals surface area contributed by atoms with E-state index in [1.807, 2.05) is 0 Å². The third-order valence-electron chi connectivity index (χ3n) is 1.46. The van der Waals surface area contributed by atoms with Crippen LogP contribution in [0.2, 0.25) is 13.1 Å². The largest absolute Gasteiger partial charge is 0.101 e. The molecule has 0 atom stereocenters. The predicted octanol–water partition coefficient (Wildman–Crippen LogP) is 0.838. The quantitative estimate of drug-likeness (QED) is 0.420. The summed E-state index contributed by atoms with van der Waals surface area (Å²) >= 11 is 0. The summed E-state index contributed by atoms with van der Waals surface area (Å²) in [6, 6.07) is 0. The molecule has 0 radical (unpaired) electrons. The molecule has 0 aliphatic carbocycles. The smallest absolute Gasteiger partial charge is 0.0508 e. The van der Waals surface area contributed by atoms with Crippen LogP contribution in [0.1, 0.15) is 6.92 Å². The fraction of sp³-hybridized carbons (Fsp3) is 0.429. The molecule has 0 fully saturated rings. The van der Waals surface area contributed by atoms with Crippen molar-refractivity contribution in [2.24, 2.45) is 0 Å². The maximum absolute atomic E-state index is 3.97. The van der Waals surface area contributed by atoms with Crippen LogP contribution < -0.4 is 0 Å². The SMILES string of the molecule is C=C(C=C(C)[SiH2]C)[SiH2]C. The van der Waals surface area contributed by atoms with Gasteiger partial charge in [-0.05, 0) is 6.92 Å². The van der Waals surface area contributed by atoms with E-state index in [0.29, 0.717) is 0 Å². The molecule has 0 bridgehead atoms. The number of hydrogen-bond acceptors (Lipinski definition) is 0. The predicted molar refractivity (Wildman–Crippen MR) is 51.7 cm³/mol. The van der Waals surface area contributed by atoms with Crippen molar-refractivity contribution in [1.29, 1.82) is 0 Å². The van der Waals surface area contributed by atoms with Gasteiger partial charge in [-0.25, -0.2) is 0 Å². The Balaban J connectivity index is 3.79. The lowest BCUT2D eigenvalue weighted by Crippen LogP contribution is -1.89. The van der Waals surface area contributed by atoms with E-state index in [4.69, 9.17) is 0 Å². The Morgan fingerprint density at radius 3 is 2.22 bits per heavy atom. The molecular formula is C7H16Si2. The summed E-state index contributed by atoms with van der Waals surface area (Å²) in [6.07, 6.45) is 2.29. The fourth-order valence-corrected chi connectivity index (χ4v) is 1.89. The summed E-state index contributed by atoms with van der Waals surface area (Å²) in [5.74, 6) is 0. The molecule has 0 aromatic carbocycles. The number of hydrogen-bond donors (Lipinski definition) is 0. The lowest BCUT2D eigenvalue weighted by molar-refractivity contribution is 1.62. The van der Waals surface area contributed by atoms with E-state index >= 15 is 0 Å². The van der Waals surface area contributed by atoms with E-state index in [0.717, 1.165) is 0 Å². The van der Waals surface area contributed by atoms with Crippen molar-refractivity contribution in [3.63, 3.8) is 0 Å². The van der Waals surface area contributed by atoms with Crippen molar-refractivity contribution < 1.29 is 0 Å². The van der Waals surface area contributed by atoms with Gasteiger partial charge in [0.1, 0.15) is 0 Å². The first-order chi connectivity index (χ1) is 4.20. The lowest BCUT2D eigenvalue weighted by atomic mass is 10.5. The van der Waals surface area contributed by atoms with Gasteiger partial charge in [0, 0.05) is 9.52 Å². The normalized spacial score (nSPS) is 14.3. The standard InChI is InChI=1S/C7H16Si2/c1-6(8-3)5-7(2)9-4/h5H,1,8-9H2,2-4H3. The maximum atomic E-state index is 3.97. The first-order valence-corrected chi connectivity index (χ1v) is 7.79. The van der Waals surface area contributed by atoms with Crippen LogP contribution in [-0.4, -0.2) is 19.0 Å². The van der Waals surface area contributed by atoms with E-state index in [-0.39, 0.29) is 19.0 Å². The van der Waals surface area contributed by atoms with Crippen molar-refractivity contribution in [3.05, 3.63) is 23.0 Å². The monoisotopic (exact) mass is 156 g/mol. The second-order valence-electron chi connectivity index (χ2n) is 2.36. The van der Waals surface area contributed by atoms with Crippen LogP contribution in [0, 0.1) is 0 Å². The maximum Gasteiger partial charge on any atom is 0.0508 e. The van der Waals surface area contributed by atoms with Gasteiger partial charge in [-0.1, -0.05) is 29.6 Å². The molecule has 0 aliphatic rings. The van der Waals surface area contributed by atoms with Gasteiger partial charge in [0.15, 0.2) is 0 Å². The van der Waals surface area contributed by atoms with Crippen LogP contribution >= 0.6 is 0 Å². The lowest BCUT2D eigenvalue weighted by Gasteiger charge is -1.94. The highest BCUT2D eigenvalue weighted by Crippen LogP contribution is 1.96. The summed E-state index contributed by atoms with van der Waals surface area (Å²) in [5.41, 5.74) is 0. The van der Waals surface area contributed by atoms with E-state index in [1.165, 1.54) is 5.20 Å². The van der Waals surface area contributed by atoms with Gasteiger partial charge < -0.3 is 0 Å². The van der Waals surface area contributed by atoms with Gasteiger partial charge in [-0.3, -0.25) is 0 Å². The average molecular weight is 156 g/mol. The molecule has 0 aliphatic heterocycles. The Bertz CT molecular complexity index is 125. The Kier molecular flexibility index (Phi) is 4.72. The minimum atomic E-state index is 0.0376. The van der Waals surface area contributed by atoms with Crippen molar-refractivity contribution >= 4 is 19.0 Å². The molecule has 0 aromatic heterocycles. The van der Waals surface area contributed by atoms with Gasteiger partial charge >= 0.3 is 0 Å². The molecule has 0 saturated heterocycles. The summed E-state index contributed by atoms with van der Waals surface area (Å²) in [7, 11) is 0.146. The molecule has 0 spiro atoms. The van der Waals surface area contributed by atoms with Crippen molar-refractivity contribution in [2.75, 3.05) is 0 Å². The van der Waals surface area contributed by atoms with Crippen molar-refractivity contribution in [1.82, 2.24) is 0 Å². The molecule has 0 rings (SSSR count). The topological polar surface area (TPSA) is 0 Å². The summed E-state index contributed by atoms with van der Waals surface area (Å²) in [4.78, 5) is 0. The zero-order chi connectivity index (χ0) is 7.28. The molecular weight excluding hydrogens is 140 g/mol. The molecule has 52 valence electrons. The fourth-order valence-electron chi connectivity index (χ4n) is 0.553. The second kappa shape index (κ2) is 4.76. The molecule has 0 saturated carbocycles. The molecule has 0 aromatic rings. The summed E-state index contributed by atoms with van der Waals surface area (Å²) in [5, 5.41) is 3.00. The Morgan fingerprint density at radius 2 is 1.89 bits per heavy atom. The van der Waals surface area contributed by atoms with Crippen LogP contribution in [-0.2, 0) is 0 Å². The van der Waals surface area contributed by atoms with Crippen LogP contribution in [0.3, 0.4) is 0 Å². The van der Waals surface area contributed by atoms with Gasteiger partial charge in [0.25, 0.3) is 0 Å². The van der Waals surface area contributed by atoms with E-state index in [1.54, 1.807) is 5.20 Å². The highest BCUT2D eigenvalue weighted by Gasteiger charge is 1.85. The van der Waals surface area contributed by atoms with Crippen molar-refractivity contribution in [2.45, 2.75) is 20.0 Å². The third kappa shape index (κ3) is 4.42. The van der Waals surface area contributed by atoms with Crippen molar-refractivity contribution in [3.8, 4) is 0 Å². The van der Waals surface area contributed by atoms with E-state index in [9.17, 15) is 0 Å². The first kappa shape index (κ1) is 8.91. The summed E-state index contributed by atoms with van der Waals surface area (Å²) in [6.45, 7) is 10.8. The Labute approximate surface area is 62.7 Å². The first-order valence-electron chi connectivity index (χ1n) is 3.55. The third-order valence-corrected chi connectivity index (χ3v) is 3.89. The van der Waals surface area contributed by atoms with Crippen LogP contribution in [0.4, 0.5) is 0 Å². The van der Waals surface area contributed by atoms with Crippen LogP contribution in [0.25, 0.3) is 0 Å². The van der Waals surface area contributed by atoms with Crippen LogP contribution in [0.15, 0.2) is 23.0 Å². The number of allylic oxidation sites excluding steroid dienone is 3.